The van der Waals surface area contributed by atoms with E-state index in [1.165, 1.54) is 6.33 Å². The summed E-state index contributed by atoms with van der Waals surface area (Å²) >= 11 is 0. The molecular formula is C13H14N2O2. The first-order valence-corrected chi connectivity index (χ1v) is 5.30. The summed E-state index contributed by atoms with van der Waals surface area (Å²) < 4.78 is 10.7. The zero-order valence-corrected chi connectivity index (χ0v) is 10.1. The molecule has 0 aliphatic carbocycles. The van der Waals surface area contributed by atoms with Crippen molar-refractivity contribution < 1.29 is 9.47 Å². The monoisotopic (exact) mass is 230 g/mol. The molecule has 0 fully saturated rings. The van der Waals surface area contributed by atoms with E-state index in [4.69, 9.17) is 9.47 Å². The number of hydrogen-bond acceptors (Lipinski definition) is 4. The highest BCUT2D eigenvalue weighted by atomic mass is 16.5. The minimum absolute atomic E-state index is 0.477. The van der Waals surface area contributed by atoms with Crippen LogP contribution in [0.25, 0.3) is 0 Å². The molecule has 0 spiro atoms. The second-order valence-electron chi connectivity index (χ2n) is 3.77. The fourth-order valence-electron chi connectivity index (χ4n) is 1.42. The first-order valence-electron chi connectivity index (χ1n) is 5.30. The van der Waals surface area contributed by atoms with Crippen molar-refractivity contribution in [2.75, 3.05) is 7.11 Å². The maximum absolute atomic E-state index is 5.70. The van der Waals surface area contributed by atoms with Gasteiger partial charge in [0, 0.05) is 0 Å². The number of aromatic nitrogens is 2. The highest BCUT2D eigenvalue weighted by molar-refractivity contribution is 5.38. The Hall–Kier alpha value is -2.10. The third kappa shape index (κ3) is 2.72. The van der Waals surface area contributed by atoms with Gasteiger partial charge in [0.1, 0.15) is 12.1 Å². The van der Waals surface area contributed by atoms with Crippen LogP contribution in [-0.2, 0) is 0 Å². The zero-order valence-electron chi connectivity index (χ0n) is 10.1. The number of methoxy groups -OCH3 is 1. The summed E-state index contributed by atoms with van der Waals surface area (Å²) in [6.45, 7) is 4.01. The van der Waals surface area contributed by atoms with Gasteiger partial charge in [-0.3, -0.25) is 0 Å². The summed E-state index contributed by atoms with van der Waals surface area (Å²) in [7, 11) is 1.56. The molecule has 0 atom stereocenters. The Labute approximate surface area is 100 Å². The van der Waals surface area contributed by atoms with E-state index in [2.05, 4.69) is 9.97 Å². The molecule has 17 heavy (non-hydrogen) atoms. The molecule has 0 unspecified atom stereocenters. The van der Waals surface area contributed by atoms with Crippen molar-refractivity contribution in [1.82, 2.24) is 9.97 Å². The molecule has 1 heterocycles. The van der Waals surface area contributed by atoms with Crippen molar-refractivity contribution in [3.8, 4) is 17.5 Å². The van der Waals surface area contributed by atoms with Crippen molar-refractivity contribution >= 4 is 0 Å². The van der Waals surface area contributed by atoms with Crippen molar-refractivity contribution in [2.45, 2.75) is 13.8 Å². The van der Waals surface area contributed by atoms with Crippen LogP contribution < -0.4 is 9.47 Å². The van der Waals surface area contributed by atoms with E-state index in [1.54, 1.807) is 13.2 Å². The smallest absolute Gasteiger partial charge is 0.226 e. The van der Waals surface area contributed by atoms with E-state index in [9.17, 15) is 0 Å². The van der Waals surface area contributed by atoms with Crippen LogP contribution in [0.3, 0.4) is 0 Å². The maximum Gasteiger partial charge on any atom is 0.226 e. The Kier molecular flexibility index (Phi) is 3.23. The number of hydrogen-bond donors (Lipinski definition) is 0. The minimum atomic E-state index is 0.477. The predicted molar refractivity (Wildman–Crippen MR) is 64.6 cm³/mol. The molecule has 1 aromatic carbocycles. The Morgan fingerprint density at radius 1 is 1.00 bits per heavy atom. The lowest BCUT2D eigenvalue weighted by atomic mass is 10.1. The molecule has 0 N–H and O–H groups in total. The second-order valence-corrected chi connectivity index (χ2v) is 3.77. The van der Waals surface area contributed by atoms with E-state index in [0.717, 1.165) is 16.9 Å². The number of nitrogens with zero attached hydrogens (tertiary/aromatic N) is 2. The first-order chi connectivity index (χ1) is 8.19. The Morgan fingerprint density at radius 2 is 1.76 bits per heavy atom. The number of rotatable bonds is 3. The third-order valence-electron chi connectivity index (χ3n) is 2.38. The van der Waals surface area contributed by atoms with Gasteiger partial charge >= 0.3 is 0 Å². The predicted octanol–water partition coefficient (Wildman–Crippen LogP) is 2.89. The molecule has 88 valence electrons. The van der Waals surface area contributed by atoms with Gasteiger partial charge in [-0.1, -0.05) is 12.1 Å². The van der Waals surface area contributed by atoms with Crippen molar-refractivity contribution in [1.29, 1.82) is 0 Å². The fraction of sp³-hybridized carbons (Fsp3) is 0.231. The van der Waals surface area contributed by atoms with Gasteiger partial charge in [-0.05, 0) is 31.0 Å². The standard InChI is InChI=1S/C13H14N2O2/c1-9-4-5-10(2)11(6-9)17-13-7-12(16-3)14-8-15-13/h4-8H,1-3H3. The molecule has 4 nitrogen and oxygen atoms in total. The molecule has 4 heteroatoms. The highest BCUT2D eigenvalue weighted by Crippen LogP contribution is 2.25. The number of aryl methyl sites for hydroxylation is 2. The van der Waals surface area contributed by atoms with E-state index in [1.807, 2.05) is 32.0 Å². The topological polar surface area (TPSA) is 44.2 Å². The maximum atomic E-state index is 5.70. The first kappa shape index (κ1) is 11.4. The molecular weight excluding hydrogens is 216 g/mol. The molecule has 2 aromatic rings. The lowest BCUT2D eigenvalue weighted by Crippen LogP contribution is -1.94. The van der Waals surface area contributed by atoms with E-state index < -0.39 is 0 Å². The summed E-state index contributed by atoms with van der Waals surface area (Å²) in [5.41, 5.74) is 2.21. The Bertz CT molecular complexity index is 527. The highest BCUT2D eigenvalue weighted by Gasteiger charge is 2.04. The van der Waals surface area contributed by atoms with Crippen LogP contribution in [0, 0.1) is 13.8 Å². The molecule has 0 saturated heterocycles. The summed E-state index contributed by atoms with van der Waals surface area (Å²) in [5.74, 6) is 1.76. The summed E-state index contributed by atoms with van der Waals surface area (Å²) in [6, 6.07) is 7.69. The van der Waals surface area contributed by atoms with E-state index in [0.29, 0.717) is 11.8 Å². The normalized spacial score (nSPS) is 10.1. The van der Waals surface area contributed by atoms with Crippen molar-refractivity contribution in [2.24, 2.45) is 0 Å². The van der Waals surface area contributed by atoms with Gasteiger partial charge in [-0.15, -0.1) is 0 Å². The van der Waals surface area contributed by atoms with Crippen LogP contribution in [0.15, 0.2) is 30.6 Å². The number of ether oxygens (including phenoxy) is 2. The van der Waals surface area contributed by atoms with Gasteiger partial charge in [-0.25, -0.2) is 9.97 Å². The summed E-state index contributed by atoms with van der Waals surface area (Å²) in [5, 5.41) is 0. The van der Waals surface area contributed by atoms with Gasteiger partial charge in [-0.2, -0.15) is 0 Å². The molecule has 2 rings (SSSR count). The lowest BCUT2D eigenvalue weighted by molar-refractivity contribution is 0.387. The SMILES string of the molecule is COc1cc(Oc2cc(C)ccc2C)ncn1. The summed E-state index contributed by atoms with van der Waals surface area (Å²) in [6.07, 6.45) is 1.42. The third-order valence-corrected chi connectivity index (χ3v) is 2.38. The van der Waals surface area contributed by atoms with Gasteiger partial charge in [0.25, 0.3) is 0 Å². The van der Waals surface area contributed by atoms with Crippen molar-refractivity contribution in [3.63, 3.8) is 0 Å². The van der Waals surface area contributed by atoms with Crippen molar-refractivity contribution in [3.05, 3.63) is 41.7 Å². The fourth-order valence-corrected chi connectivity index (χ4v) is 1.42. The largest absolute Gasteiger partial charge is 0.481 e. The Balaban J connectivity index is 2.27. The van der Waals surface area contributed by atoms with Gasteiger partial charge in [0.05, 0.1) is 13.2 Å². The second kappa shape index (κ2) is 4.82. The lowest BCUT2D eigenvalue weighted by Gasteiger charge is -2.08. The molecule has 0 radical (unpaired) electrons. The molecule has 0 bridgehead atoms. The molecule has 0 amide bonds. The average molecular weight is 230 g/mol. The van der Waals surface area contributed by atoms with Crippen LogP contribution in [0.4, 0.5) is 0 Å². The van der Waals surface area contributed by atoms with Crippen LogP contribution in [0.2, 0.25) is 0 Å². The number of benzene rings is 1. The van der Waals surface area contributed by atoms with Crippen LogP contribution in [0.1, 0.15) is 11.1 Å². The van der Waals surface area contributed by atoms with Crippen LogP contribution >= 0.6 is 0 Å². The molecule has 0 saturated carbocycles. The van der Waals surface area contributed by atoms with Gasteiger partial charge in [0.15, 0.2) is 0 Å². The van der Waals surface area contributed by atoms with E-state index in [-0.39, 0.29) is 0 Å². The average Bonchev–Trinajstić information content (AvgIpc) is 2.34. The van der Waals surface area contributed by atoms with Gasteiger partial charge in [0.2, 0.25) is 11.8 Å². The van der Waals surface area contributed by atoms with E-state index >= 15 is 0 Å². The quantitative estimate of drug-likeness (QED) is 0.813. The zero-order chi connectivity index (χ0) is 12.3. The van der Waals surface area contributed by atoms with Crippen LogP contribution in [-0.4, -0.2) is 17.1 Å². The molecule has 0 aliphatic heterocycles. The minimum Gasteiger partial charge on any atom is -0.481 e. The van der Waals surface area contributed by atoms with Gasteiger partial charge < -0.3 is 9.47 Å². The van der Waals surface area contributed by atoms with Crippen LogP contribution in [0.5, 0.6) is 17.5 Å². The summed E-state index contributed by atoms with van der Waals surface area (Å²) in [4.78, 5) is 7.97. The molecule has 1 aromatic heterocycles. The molecule has 0 aliphatic rings. The Morgan fingerprint density at radius 3 is 2.53 bits per heavy atom.